The minimum absolute atomic E-state index is 1.39. The van der Waals surface area contributed by atoms with Crippen molar-refractivity contribution in [1.82, 2.24) is 0 Å². The molecule has 1 heteroatoms. The van der Waals surface area contributed by atoms with Gasteiger partial charge >= 0.3 is 0 Å². The molecule has 1 heterocycles. The molecule has 0 nitrogen and oxygen atoms in total. The van der Waals surface area contributed by atoms with Gasteiger partial charge in [-0.1, -0.05) is 18.2 Å². The second-order valence-corrected chi connectivity index (χ2v) is 3.27. The zero-order chi connectivity index (χ0) is 6.27. The van der Waals surface area contributed by atoms with Crippen LogP contribution >= 0.6 is 11.8 Å². The number of allylic oxidation sites excluding steroid dienone is 4. The van der Waals surface area contributed by atoms with Crippen LogP contribution in [0.15, 0.2) is 34.8 Å². The van der Waals surface area contributed by atoms with Crippen LogP contribution in [0.5, 0.6) is 0 Å². The van der Waals surface area contributed by atoms with Crippen LogP contribution < -0.4 is 0 Å². The SMILES string of the molecule is C[C]1SC=C2C=CC=C12. The van der Waals surface area contributed by atoms with Crippen molar-refractivity contribution in [3.05, 3.63) is 40.0 Å². The molecule has 0 saturated carbocycles. The molecule has 2 aliphatic rings. The number of thioether (sulfide) groups is 1. The first-order chi connectivity index (χ1) is 4.38. The quantitative estimate of drug-likeness (QED) is 0.492. The highest BCUT2D eigenvalue weighted by Gasteiger charge is 2.20. The Balaban J connectivity index is 2.42. The van der Waals surface area contributed by atoms with E-state index in [1.54, 1.807) is 0 Å². The second kappa shape index (κ2) is 1.77. The van der Waals surface area contributed by atoms with Gasteiger partial charge in [-0.05, 0) is 23.5 Å². The molecule has 0 fully saturated rings. The van der Waals surface area contributed by atoms with E-state index in [4.69, 9.17) is 0 Å². The zero-order valence-electron chi connectivity index (χ0n) is 5.22. The highest BCUT2D eigenvalue weighted by molar-refractivity contribution is 8.05. The van der Waals surface area contributed by atoms with Crippen LogP contribution in [0.3, 0.4) is 0 Å². The lowest BCUT2D eigenvalue weighted by molar-refractivity contribution is 1.39. The Morgan fingerprint density at radius 3 is 3.11 bits per heavy atom. The molecule has 1 radical (unpaired) electrons. The topological polar surface area (TPSA) is 0 Å². The van der Waals surface area contributed by atoms with Gasteiger partial charge in [-0.2, -0.15) is 0 Å². The lowest BCUT2D eigenvalue weighted by atomic mass is 10.1. The van der Waals surface area contributed by atoms with Crippen molar-refractivity contribution in [3.8, 4) is 0 Å². The zero-order valence-corrected chi connectivity index (χ0v) is 6.03. The predicted octanol–water partition coefficient (Wildman–Crippen LogP) is 2.67. The van der Waals surface area contributed by atoms with Crippen molar-refractivity contribution in [1.29, 1.82) is 0 Å². The van der Waals surface area contributed by atoms with E-state index < -0.39 is 0 Å². The van der Waals surface area contributed by atoms with Gasteiger partial charge in [0.15, 0.2) is 0 Å². The second-order valence-electron chi connectivity index (χ2n) is 2.19. The first kappa shape index (κ1) is 5.36. The van der Waals surface area contributed by atoms with E-state index in [0.29, 0.717) is 0 Å². The van der Waals surface area contributed by atoms with Crippen molar-refractivity contribution >= 4 is 11.8 Å². The largest absolute Gasteiger partial charge is 0.120 e. The van der Waals surface area contributed by atoms with Crippen molar-refractivity contribution in [2.24, 2.45) is 0 Å². The lowest BCUT2D eigenvalue weighted by Gasteiger charge is -1.99. The maximum atomic E-state index is 2.20. The van der Waals surface area contributed by atoms with E-state index in [-0.39, 0.29) is 0 Å². The molecular formula is C8H7S. The van der Waals surface area contributed by atoms with E-state index >= 15 is 0 Å². The van der Waals surface area contributed by atoms with Crippen molar-refractivity contribution < 1.29 is 0 Å². The van der Waals surface area contributed by atoms with Gasteiger partial charge in [0.1, 0.15) is 0 Å². The third-order valence-corrected chi connectivity index (χ3v) is 2.54. The Morgan fingerprint density at radius 2 is 2.33 bits per heavy atom. The molecule has 0 amide bonds. The van der Waals surface area contributed by atoms with Crippen LogP contribution in [0.2, 0.25) is 0 Å². The van der Waals surface area contributed by atoms with E-state index in [1.165, 1.54) is 16.4 Å². The molecule has 1 aliphatic heterocycles. The number of hydrogen-bond donors (Lipinski definition) is 0. The Bertz CT molecular complexity index is 221. The first-order valence-electron chi connectivity index (χ1n) is 2.97. The summed E-state index contributed by atoms with van der Waals surface area (Å²) in [6, 6.07) is 0. The summed E-state index contributed by atoms with van der Waals surface area (Å²) in [5.74, 6) is 0. The van der Waals surface area contributed by atoms with Crippen molar-refractivity contribution in [3.63, 3.8) is 0 Å². The Labute approximate surface area is 59.3 Å². The number of hydrogen-bond acceptors (Lipinski definition) is 1. The molecule has 45 valence electrons. The van der Waals surface area contributed by atoms with E-state index in [2.05, 4.69) is 30.6 Å². The van der Waals surface area contributed by atoms with Crippen molar-refractivity contribution in [2.75, 3.05) is 0 Å². The molecule has 0 atom stereocenters. The van der Waals surface area contributed by atoms with E-state index in [9.17, 15) is 0 Å². The minimum atomic E-state index is 1.39. The average molecular weight is 135 g/mol. The van der Waals surface area contributed by atoms with Crippen LogP contribution in [-0.2, 0) is 0 Å². The van der Waals surface area contributed by atoms with Crippen LogP contribution in [0.4, 0.5) is 0 Å². The molecule has 0 spiro atoms. The molecule has 0 aromatic heterocycles. The molecule has 0 aromatic carbocycles. The Kier molecular flexibility index (Phi) is 1.06. The summed E-state index contributed by atoms with van der Waals surface area (Å²) in [5, 5.41) is 3.62. The Morgan fingerprint density at radius 1 is 1.44 bits per heavy atom. The highest BCUT2D eigenvalue weighted by atomic mass is 32.2. The maximum absolute atomic E-state index is 2.20. The summed E-state index contributed by atoms with van der Waals surface area (Å²) in [5.41, 5.74) is 2.80. The molecule has 0 bridgehead atoms. The van der Waals surface area contributed by atoms with Crippen LogP contribution in [-0.4, -0.2) is 0 Å². The normalized spacial score (nSPS) is 24.1. The fourth-order valence-electron chi connectivity index (χ4n) is 1.07. The molecule has 0 aromatic rings. The average Bonchev–Trinajstić information content (AvgIpc) is 2.35. The van der Waals surface area contributed by atoms with Gasteiger partial charge in [-0.3, -0.25) is 0 Å². The summed E-state index contributed by atoms with van der Waals surface area (Å²) >= 11 is 1.82. The van der Waals surface area contributed by atoms with Gasteiger partial charge in [-0.25, -0.2) is 0 Å². The molecule has 2 rings (SSSR count). The van der Waals surface area contributed by atoms with Crippen LogP contribution in [0.25, 0.3) is 0 Å². The van der Waals surface area contributed by atoms with Gasteiger partial charge in [0, 0.05) is 0 Å². The Hall–Kier alpha value is -0.430. The molecule has 9 heavy (non-hydrogen) atoms. The summed E-state index contributed by atoms with van der Waals surface area (Å²) in [7, 11) is 0. The van der Waals surface area contributed by atoms with Gasteiger partial charge in [0.05, 0.1) is 5.25 Å². The monoisotopic (exact) mass is 135 g/mol. The molecule has 1 aliphatic carbocycles. The fourth-order valence-corrected chi connectivity index (χ4v) is 1.89. The molecule has 0 N–H and O–H groups in total. The van der Waals surface area contributed by atoms with Gasteiger partial charge in [0.25, 0.3) is 0 Å². The number of fused-ring (bicyclic) bond motifs is 1. The molecule has 0 unspecified atom stereocenters. The maximum Gasteiger partial charge on any atom is 0.0615 e. The lowest BCUT2D eigenvalue weighted by Crippen LogP contribution is -1.81. The molecule has 0 saturated heterocycles. The highest BCUT2D eigenvalue weighted by Crippen LogP contribution is 2.43. The number of rotatable bonds is 0. The van der Waals surface area contributed by atoms with Gasteiger partial charge in [-0.15, -0.1) is 11.8 Å². The summed E-state index contributed by atoms with van der Waals surface area (Å²) in [6.07, 6.45) is 6.42. The smallest absolute Gasteiger partial charge is 0.0615 e. The third kappa shape index (κ3) is 0.681. The summed E-state index contributed by atoms with van der Waals surface area (Å²) in [4.78, 5) is 0. The standard InChI is InChI=1S/C8H7S/c1-6-8-4-2-3-7(8)5-9-6/h2-5H,1H3. The van der Waals surface area contributed by atoms with E-state index in [0.717, 1.165) is 0 Å². The third-order valence-electron chi connectivity index (χ3n) is 1.59. The summed E-state index contributed by atoms with van der Waals surface area (Å²) < 4.78 is 0. The van der Waals surface area contributed by atoms with Gasteiger partial charge < -0.3 is 0 Å². The minimum Gasteiger partial charge on any atom is -0.120 e. The summed E-state index contributed by atoms with van der Waals surface area (Å²) in [6.45, 7) is 2.16. The first-order valence-corrected chi connectivity index (χ1v) is 3.85. The predicted molar refractivity (Wildman–Crippen MR) is 41.8 cm³/mol. The molecular weight excluding hydrogens is 128 g/mol. The van der Waals surface area contributed by atoms with E-state index in [1.807, 2.05) is 11.8 Å². The fraction of sp³-hybridized carbons (Fsp3) is 0.125. The van der Waals surface area contributed by atoms with Crippen LogP contribution in [0, 0.1) is 5.25 Å². The van der Waals surface area contributed by atoms with Crippen LogP contribution in [0.1, 0.15) is 6.92 Å². The van der Waals surface area contributed by atoms with Gasteiger partial charge in [0.2, 0.25) is 0 Å². The van der Waals surface area contributed by atoms with Crippen molar-refractivity contribution in [2.45, 2.75) is 6.92 Å².